The lowest BCUT2D eigenvalue weighted by molar-refractivity contribution is -0.120. The molecular formula is C21H22F3N3O. The monoisotopic (exact) mass is 389 g/mol. The molecule has 4 N–H and O–H groups in total. The fourth-order valence-corrected chi connectivity index (χ4v) is 3.93. The van der Waals surface area contributed by atoms with Crippen molar-refractivity contribution in [3.63, 3.8) is 0 Å². The number of halogens is 3. The summed E-state index contributed by atoms with van der Waals surface area (Å²) in [5.41, 5.74) is 10.9. The van der Waals surface area contributed by atoms with Gasteiger partial charge in [0.15, 0.2) is 5.82 Å². The van der Waals surface area contributed by atoms with Gasteiger partial charge in [0.1, 0.15) is 17.3 Å². The van der Waals surface area contributed by atoms with Gasteiger partial charge in [0.2, 0.25) is 5.91 Å². The Bertz CT molecular complexity index is 968. The lowest BCUT2D eigenvalue weighted by atomic mass is 9.89. The van der Waals surface area contributed by atoms with E-state index < -0.39 is 28.8 Å². The Kier molecular flexibility index (Phi) is 4.45. The van der Waals surface area contributed by atoms with Crippen LogP contribution in [0.2, 0.25) is 0 Å². The van der Waals surface area contributed by atoms with E-state index in [0.29, 0.717) is 31.0 Å². The van der Waals surface area contributed by atoms with Gasteiger partial charge in [0.25, 0.3) is 0 Å². The van der Waals surface area contributed by atoms with E-state index in [2.05, 4.69) is 4.98 Å². The number of carbonyl (C=O) groups is 1. The minimum Gasteiger partial charge on any atom is -0.369 e. The second kappa shape index (κ2) is 6.58. The molecule has 2 aliphatic carbocycles. The molecule has 2 aliphatic rings. The van der Waals surface area contributed by atoms with Crippen LogP contribution in [0.15, 0.2) is 18.2 Å². The molecule has 0 radical (unpaired) electrons. The van der Waals surface area contributed by atoms with E-state index in [-0.39, 0.29) is 28.3 Å². The van der Waals surface area contributed by atoms with Crippen LogP contribution in [0.25, 0.3) is 11.3 Å². The maximum Gasteiger partial charge on any atom is 0.228 e. The maximum atomic E-state index is 15.5. The van der Waals surface area contributed by atoms with Crippen molar-refractivity contribution < 1.29 is 18.0 Å². The summed E-state index contributed by atoms with van der Waals surface area (Å²) in [6, 6.07) is 3.53. The molecule has 2 aromatic rings. The Balaban J connectivity index is 1.95. The first kappa shape index (κ1) is 18.9. The number of aromatic nitrogens is 1. The molecule has 0 saturated heterocycles. The number of hydrogen-bond acceptors (Lipinski definition) is 3. The summed E-state index contributed by atoms with van der Waals surface area (Å²) in [5.74, 6) is -2.78. The SMILES string of the molecule is Cc1cc(-c2nc(C(CN)C3CC3)cc(C3(C(N)=O)CC3)c2F)c(F)cc1F. The first-order chi connectivity index (χ1) is 13.3. The molecule has 148 valence electrons. The lowest BCUT2D eigenvalue weighted by Gasteiger charge is -2.21. The largest absolute Gasteiger partial charge is 0.369 e. The van der Waals surface area contributed by atoms with Crippen molar-refractivity contribution in [3.05, 3.63) is 52.5 Å². The van der Waals surface area contributed by atoms with Crippen LogP contribution in [-0.2, 0) is 10.2 Å². The Labute approximate surface area is 161 Å². The Morgan fingerprint density at radius 3 is 2.43 bits per heavy atom. The van der Waals surface area contributed by atoms with Crippen molar-refractivity contribution in [1.82, 2.24) is 4.98 Å². The average molecular weight is 389 g/mol. The quantitative estimate of drug-likeness (QED) is 0.794. The number of carbonyl (C=O) groups excluding carboxylic acids is 1. The van der Waals surface area contributed by atoms with Crippen molar-refractivity contribution in [2.75, 3.05) is 6.54 Å². The highest BCUT2D eigenvalue weighted by molar-refractivity contribution is 5.90. The van der Waals surface area contributed by atoms with Crippen LogP contribution >= 0.6 is 0 Å². The minimum absolute atomic E-state index is 0.105. The van der Waals surface area contributed by atoms with E-state index in [1.54, 1.807) is 6.07 Å². The molecule has 2 saturated carbocycles. The van der Waals surface area contributed by atoms with Gasteiger partial charge in [0.05, 0.1) is 5.41 Å². The normalized spacial score (nSPS) is 18.8. The molecule has 1 aromatic heterocycles. The number of primary amides is 1. The van der Waals surface area contributed by atoms with Gasteiger partial charge in [-0.3, -0.25) is 4.79 Å². The molecule has 1 amide bonds. The molecule has 0 bridgehead atoms. The van der Waals surface area contributed by atoms with Gasteiger partial charge >= 0.3 is 0 Å². The number of rotatable bonds is 6. The zero-order valence-electron chi connectivity index (χ0n) is 15.6. The van der Waals surface area contributed by atoms with Gasteiger partial charge < -0.3 is 11.5 Å². The molecule has 2 fully saturated rings. The first-order valence-electron chi connectivity index (χ1n) is 9.45. The summed E-state index contributed by atoms with van der Waals surface area (Å²) in [6.45, 7) is 1.79. The third kappa shape index (κ3) is 2.98. The third-order valence-electron chi connectivity index (χ3n) is 6.04. The third-order valence-corrected chi connectivity index (χ3v) is 6.04. The average Bonchev–Trinajstić information content (AvgIpc) is 3.53. The summed E-state index contributed by atoms with van der Waals surface area (Å²) >= 11 is 0. The number of pyridine rings is 1. The second-order valence-electron chi connectivity index (χ2n) is 7.96. The van der Waals surface area contributed by atoms with E-state index >= 15 is 4.39 Å². The van der Waals surface area contributed by atoms with Crippen molar-refractivity contribution in [2.24, 2.45) is 17.4 Å². The van der Waals surface area contributed by atoms with E-state index in [1.807, 2.05) is 0 Å². The van der Waals surface area contributed by atoms with Crippen LogP contribution in [0, 0.1) is 30.3 Å². The van der Waals surface area contributed by atoms with Crippen LogP contribution in [-0.4, -0.2) is 17.4 Å². The highest BCUT2D eigenvalue weighted by Crippen LogP contribution is 2.51. The molecule has 7 heteroatoms. The van der Waals surface area contributed by atoms with Gasteiger partial charge in [-0.25, -0.2) is 18.2 Å². The first-order valence-corrected chi connectivity index (χ1v) is 9.45. The van der Waals surface area contributed by atoms with Crippen molar-refractivity contribution in [2.45, 2.75) is 43.9 Å². The molecule has 0 aliphatic heterocycles. The van der Waals surface area contributed by atoms with Gasteiger partial charge in [0, 0.05) is 35.3 Å². The van der Waals surface area contributed by atoms with Crippen LogP contribution in [0.3, 0.4) is 0 Å². The molecule has 4 rings (SSSR count). The standard InChI is InChI=1S/C21H22F3N3O/c1-10-6-12(16(23)8-15(10)22)19-18(24)14(21(4-5-21)20(26)28)7-17(27-19)13(9-25)11-2-3-11/h6-8,11,13H,2-5,9,25H2,1H3,(H2,26,28). The van der Waals surface area contributed by atoms with Crippen molar-refractivity contribution in [1.29, 1.82) is 0 Å². The van der Waals surface area contributed by atoms with Gasteiger partial charge in [-0.05, 0) is 56.2 Å². The molecule has 1 aromatic carbocycles. The Morgan fingerprint density at radius 2 is 1.89 bits per heavy atom. The number of benzene rings is 1. The summed E-state index contributed by atoms with van der Waals surface area (Å²) in [7, 11) is 0. The van der Waals surface area contributed by atoms with Gasteiger partial charge in [-0.15, -0.1) is 0 Å². The molecule has 1 heterocycles. The summed E-state index contributed by atoms with van der Waals surface area (Å²) < 4.78 is 43.7. The zero-order valence-corrected chi connectivity index (χ0v) is 15.6. The van der Waals surface area contributed by atoms with Crippen LogP contribution in [0.4, 0.5) is 13.2 Å². The van der Waals surface area contributed by atoms with Crippen LogP contribution < -0.4 is 11.5 Å². The predicted octanol–water partition coefficient (Wildman–Crippen LogP) is 3.44. The number of nitrogens with two attached hydrogens (primary N) is 2. The van der Waals surface area contributed by atoms with Gasteiger partial charge in [-0.1, -0.05) is 0 Å². The predicted molar refractivity (Wildman–Crippen MR) is 98.9 cm³/mol. The van der Waals surface area contributed by atoms with Crippen LogP contribution in [0.1, 0.15) is 48.4 Å². The number of hydrogen-bond donors (Lipinski definition) is 2. The fraction of sp³-hybridized carbons (Fsp3) is 0.429. The summed E-state index contributed by atoms with van der Waals surface area (Å²) in [4.78, 5) is 16.4. The molecule has 28 heavy (non-hydrogen) atoms. The molecule has 1 atom stereocenters. The van der Waals surface area contributed by atoms with E-state index in [0.717, 1.165) is 18.9 Å². The maximum absolute atomic E-state index is 15.5. The van der Waals surface area contributed by atoms with Crippen LogP contribution in [0.5, 0.6) is 0 Å². The Hall–Kier alpha value is -2.41. The minimum atomic E-state index is -1.09. The number of amides is 1. The van der Waals surface area contributed by atoms with Crippen molar-refractivity contribution in [3.8, 4) is 11.3 Å². The number of aryl methyl sites for hydroxylation is 1. The molecule has 0 spiro atoms. The second-order valence-corrected chi connectivity index (χ2v) is 7.96. The lowest BCUT2D eigenvalue weighted by Crippen LogP contribution is -2.30. The Morgan fingerprint density at radius 1 is 1.21 bits per heavy atom. The van der Waals surface area contributed by atoms with E-state index in [9.17, 15) is 13.6 Å². The highest BCUT2D eigenvalue weighted by atomic mass is 19.1. The number of nitrogens with zero attached hydrogens (tertiary/aromatic N) is 1. The van der Waals surface area contributed by atoms with E-state index in [1.165, 1.54) is 13.0 Å². The highest BCUT2D eigenvalue weighted by Gasteiger charge is 2.52. The van der Waals surface area contributed by atoms with Gasteiger partial charge in [-0.2, -0.15) is 0 Å². The topological polar surface area (TPSA) is 82.0 Å². The molecule has 4 nitrogen and oxygen atoms in total. The fourth-order valence-electron chi connectivity index (χ4n) is 3.93. The molecular weight excluding hydrogens is 367 g/mol. The summed E-state index contributed by atoms with van der Waals surface area (Å²) in [5, 5.41) is 0. The van der Waals surface area contributed by atoms with Crippen molar-refractivity contribution >= 4 is 5.91 Å². The zero-order chi connectivity index (χ0) is 20.2. The van der Waals surface area contributed by atoms with E-state index in [4.69, 9.17) is 11.5 Å². The molecule has 1 unspecified atom stereocenters. The summed E-state index contributed by atoms with van der Waals surface area (Å²) in [6.07, 6.45) is 2.86. The smallest absolute Gasteiger partial charge is 0.228 e.